The van der Waals surface area contributed by atoms with Crippen LogP contribution in [0, 0.1) is 20.9 Å². The zero-order valence-corrected chi connectivity index (χ0v) is 21.9. The summed E-state index contributed by atoms with van der Waals surface area (Å²) in [6, 6.07) is 3.67. The van der Waals surface area contributed by atoms with E-state index < -0.39 is 41.5 Å². The van der Waals surface area contributed by atoms with E-state index in [0.29, 0.717) is 0 Å². The van der Waals surface area contributed by atoms with Gasteiger partial charge in [0, 0.05) is 12.1 Å². The van der Waals surface area contributed by atoms with Crippen LogP contribution in [0.15, 0.2) is 24.3 Å². The Morgan fingerprint density at radius 3 is 2.03 bits per heavy atom. The summed E-state index contributed by atoms with van der Waals surface area (Å²) in [7, 11) is -4.27. The Labute approximate surface area is 200 Å². The summed E-state index contributed by atoms with van der Waals surface area (Å²) in [5.41, 5.74) is -2.65. The Kier molecular flexibility index (Phi) is 9.42. The number of carboxylic acid groups (broad SMARTS) is 1. The zero-order chi connectivity index (χ0) is 26.5. The third kappa shape index (κ3) is 9.79. The number of non-ortho nitro benzene ring substituents is 1. The van der Waals surface area contributed by atoms with Crippen LogP contribution in [0.2, 0.25) is 0 Å². The number of carbonyl (C=O) groups excluding carboxylic acids is 1. The maximum Gasteiger partial charge on any atom is 0.392 e. The lowest BCUT2D eigenvalue weighted by Crippen LogP contribution is -2.53. The fourth-order valence-electron chi connectivity index (χ4n) is 3.13. The number of carbonyl (C=O) groups is 2. The number of rotatable bonds is 11. The Bertz CT molecular complexity index is 937. The van der Waals surface area contributed by atoms with Crippen molar-refractivity contribution in [1.29, 1.82) is 0 Å². The van der Waals surface area contributed by atoms with Crippen LogP contribution in [-0.2, 0) is 18.9 Å². The smallest absolute Gasteiger partial charge is 0.392 e. The van der Waals surface area contributed by atoms with E-state index in [1.54, 1.807) is 0 Å². The number of hydrogen-bond donors (Lipinski definition) is 3. The summed E-state index contributed by atoms with van der Waals surface area (Å²) < 4.78 is 24.7. The topological polar surface area (TPSA) is 157 Å². The van der Waals surface area contributed by atoms with Gasteiger partial charge in [0.2, 0.25) is 0 Å². The minimum absolute atomic E-state index is 0.0207. The van der Waals surface area contributed by atoms with Crippen molar-refractivity contribution >= 4 is 25.3 Å². The number of carboxylic acids is 1. The van der Waals surface area contributed by atoms with Gasteiger partial charge in [0.1, 0.15) is 17.3 Å². The summed E-state index contributed by atoms with van der Waals surface area (Å²) in [6.45, 7) is 14.1. The molecule has 0 aromatic heterocycles. The maximum atomic E-state index is 13.9. The fourth-order valence-corrected chi connectivity index (χ4v) is 5.15. The Hall–Kier alpha value is -2.49. The van der Waals surface area contributed by atoms with Gasteiger partial charge in [-0.05, 0) is 43.2 Å². The average molecular weight is 502 g/mol. The van der Waals surface area contributed by atoms with E-state index in [-0.39, 0.29) is 29.9 Å². The number of nitrogens with one attached hydrogen (secondary N) is 2. The van der Waals surface area contributed by atoms with Crippen LogP contribution in [-0.4, -0.2) is 40.2 Å². The molecule has 0 fully saturated rings. The van der Waals surface area contributed by atoms with Crippen LogP contribution in [0.4, 0.5) is 5.69 Å². The predicted molar refractivity (Wildman–Crippen MR) is 128 cm³/mol. The van der Waals surface area contributed by atoms with E-state index in [0.717, 1.165) is 12.1 Å². The molecule has 3 atom stereocenters. The van der Waals surface area contributed by atoms with Crippen LogP contribution in [0.5, 0.6) is 5.75 Å². The molecular weight excluding hydrogens is 465 g/mol. The fraction of sp³-hybridized carbons (Fsp3) is 0.636. The molecule has 0 saturated heterocycles. The highest BCUT2D eigenvalue weighted by atomic mass is 31.2. The number of esters is 1. The minimum atomic E-state index is -4.27. The van der Waals surface area contributed by atoms with E-state index in [1.165, 1.54) is 26.0 Å². The molecule has 12 heteroatoms. The molecule has 0 saturated carbocycles. The summed E-state index contributed by atoms with van der Waals surface area (Å²) >= 11 is 0. The number of benzene rings is 1. The number of nitro groups is 1. The molecule has 2 unspecified atom stereocenters. The van der Waals surface area contributed by atoms with Crippen LogP contribution < -0.4 is 14.7 Å². The van der Waals surface area contributed by atoms with Crippen molar-refractivity contribution in [3.05, 3.63) is 34.4 Å². The van der Waals surface area contributed by atoms with Gasteiger partial charge in [-0.1, -0.05) is 41.5 Å². The van der Waals surface area contributed by atoms with Crippen molar-refractivity contribution in [2.75, 3.05) is 6.61 Å². The molecule has 0 amide bonds. The van der Waals surface area contributed by atoms with E-state index in [2.05, 4.69) is 10.2 Å². The number of aliphatic carboxylic acids is 1. The quantitative estimate of drug-likeness (QED) is 0.170. The van der Waals surface area contributed by atoms with Gasteiger partial charge in [-0.25, -0.2) is 14.7 Å². The van der Waals surface area contributed by atoms with Crippen molar-refractivity contribution in [3.8, 4) is 5.75 Å². The molecule has 0 heterocycles. The molecule has 1 aromatic carbocycles. The SMILES string of the molecule is CC(NP(=O)(N[C@@](C)(CC(C)(C)C)C(=O)O)Oc1ccc([N+](=O)[O-])cc1)C(=O)OCC(C)(C)C. The van der Waals surface area contributed by atoms with Crippen LogP contribution in [0.25, 0.3) is 0 Å². The third-order valence-corrected chi connectivity index (χ3v) is 6.38. The summed E-state index contributed by atoms with van der Waals surface area (Å²) in [6.07, 6.45) is 0.0769. The van der Waals surface area contributed by atoms with E-state index in [9.17, 15) is 29.4 Å². The van der Waals surface area contributed by atoms with Gasteiger partial charge in [-0.2, -0.15) is 0 Å². The van der Waals surface area contributed by atoms with Gasteiger partial charge in [0.25, 0.3) is 5.69 Å². The molecule has 0 aliphatic rings. The Morgan fingerprint density at radius 2 is 1.62 bits per heavy atom. The zero-order valence-electron chi connectivity index (χ0n) is 21.0. The number of hydrogen-bond acceptors (Lipinski definition) is 7. The first-order valence-corrected chi connectivity index (χ1v) is 12.4. The normalized spacial score (nSPS) is 16.6. The van der Waals surface area contributed by atoms with Gasteiger partial charge in [0.15, 0.2) is 0 Å². The Morgan fingerprint density at radius 1 is 1.09 bits per heavy atom. The van der Waals surface area contributed by atoms with Gasteiger partial charge in [0.05, 0.1) is 11.5 Å². The molecule has 0 aliphatic carbocycles. The van der Waals surface area contributed by atoms with Gasteiger partial charge < -0.3 is 14.4 Å². The lowest BCUT2D eigenvalue weighted by molar-refractivity contribution is -0.384. The molecule has 0 aliphatic heterocycles. The highest BCUT2D eigenvalue weighted by Crippen LogP contribution is 2.44. The monoisotopic (exact) mass is 501 g/mol. The highest BCUT2D eigenvalue weighted by molar-refractivity contribution is 7.55. The first-order chi connectivity index (χ1) is 15.3. The maximum absolute atomic E-state index is 13.9. The van der Waals surface area contributed by atoms with Gasteiger partial charge >= 0.3 is 19.6 Å². The van der Waals surface area contributed by atoms with Crippen molar-refractivity contribution in [3.63, 3.8) is 0 Å². The molecule has 1 aromatic rings. The molecule has 1 rings (SSSR count). The second-order valence-electron chi connectivity index (χ2n) is 10.9. The van der Waals surface area contributed by atoms with E-state index >= 15 is 0 Å². The molecule has 0 radical (unpaired) electrons. The number of ether oxygens (including phenoxy) is 1. The minimum Gasteiger partial charge on any atom is -0.480 e. The molecule has 192 valence electrons. The molecular formula is C22H36N3O8P. The number of nitrogens with zero attached hydrogens (tertiary/aromatic N) is 1. The molecule has 34 heavy (non-hydrogen) atoms. The summed E-state index contributed by atoms with van der Waals surface area (Å²) in [5.74, 6) is -1.98. The van der Waals surface area contributed by atoms with E-state index in [1.807, 2.05) is 41.5 Å². The van der Waals surface area contributed by atoms with Crippen LogP contribution in [0.3, 0.4) is 0 Å². The van der Waals surface area contributed by atoms with Crippen molar-refractivity contribution < 1.29 is 33.4 Å². The lowest BCUT2D eigenvalue weighted by atomic mass is 9.81. The van der Waals surface area contributed by atoms with Crippen molar-refractivity contribution in [2.24, 2.45) is 10.8 Å². The van der Waals surface area contributed by atoms with Crippen molar-refractivity contribution in [2.45, 2.75) is 73.4 Å². The number of nitro benzene ring substituents is 1. The molecule has 11 nitrogen and oxygen atoms in total. The average Bonchev–Trinajstić information content (AvgIpc) is 2.63. The highest BCUT2D eigenvalue weighted by Gasteiger charge is 2.45. The summed E-state index contributed by atoms with van der Waals surface area (Å²) in [5, 5.41) is 26.0. The first-order valence-electron chi connectivity index (χ1n) is 10.8. The second-order valence-corrected chi connectivity index (χ2v) is 12.7. The van der Waals surface area contributed by atoms with Gasteiger partial charge in [-0.3, -0.25) is 19.7 Å². The molecule has 0 bridgehead atoms. The molecule has 0 spiro atoms. The first kappa shape index (κ1) is 29.5. The van der Waals surface area contributed by atoms with Crippen LogP contribution >= 0.6 is 7.67 Å². The largest absolute Gasteiger partial charge is 0.480 e. The predicted octanol–water partition coefficient (Wildman–Crippen LogP) is 4.52. The summed E-state index contributed by atoms with van der Waals surface area (Å²) in [4.78, 5) is 34.9. The molecule has 3 N–H and O–H groups in total. The van der Waals surface area contributed by atoms with Gasteiger partial charge in [-0.15, -0.1) is 0 Å². The van der Waals surface area contributed by atoms with Crippen LogP contribution in [0.1, 0.15) is 61.8 Å². The Balaban J connectivity index is 3.28. The standard InChI is InChI=1S/C22H36N3O8P/c1-15(18(26)32-14-21(5,6)7)23-34(31,24-22(8,19(27)28)13-20(2,3)4)33-17-11-9-16(10-12-17)25(29)30/h9-12,15H,13-14H2,1-8H3,(H,27,28)(H2,23,24,31)/t15?,22-,34?/m0/s1. The third-order valence-electron chi connectivity index (χ3n) is 4.40. The second kappa shape index (κ2) is 10.8. The lowest BCUT2D eigenvalue weighted by Gasteiger charge is -2.36. The van der Waals surface area contributed by atoms with E-state index in [4.69, 9.17) is 9.26 Å². The van der Waals surface area contributed by atoms with Crippen molar-refractivity contribution in [1.82, 2.24) is 10.2 Å².